The molecule has 19 heavy (non-hydrogen) atoms. The Kier molecular flexibility index (Phi) is 8.15. The molecule has 0 aliphatic rings. The van der Waals surface area contributed by atoms with Crippen LogP contribution < -0.4 is 10.1 Å². The molecule has 0 bridgehead atoms. The van der Waals surface area contributed by atoms with E-state index in [9.17, 15) is 0 Å². The fourth-order valence-corrected chi connectivity index (χ4v) is 3.43. The van der Waals surface area contributed by atoms with Crippen LogP contribution in [0.4, 0.5) is 0 Å². The van der Waals surface area contributed by atoms with E-state index in [1.165, 1.54) is 37.0 Å². The number of nitrogens with one attached hydrogen (secondary N) is 1. The minimum absolute atomic E-state index is 0.487. The summed E-state index contributed by atoms with van der Waals surface area (Å²) in [6, 6.07) is 2.67. The third-order valence-corrected chi connectivity index (χ3v) is 4.76. The largest absolute Gasteiger partial charge is 0.496 e. The first-order chi connectivity index (χ1) is 9.24. The maximum atomic E-state index is 5.30. The highest BCUT2D eigenvalue weighted by atomic mass is 32.1. The van der Waals surface area contributed by atoms with Gasteiger partial charge in [-0.25, -0.2) is 0 Å². The smallest absolute Gasteiger partial charge is 0.129 e. The quantitative estimate of drug-likeness (QED) is 0.651. The van der Waals surface area contributed by atoms with Crippen molar-refractivity contribution in [3.05, 3.63) is 16.3 Å². The molecule has 0 radical (unpaired) electrons. The zero-order valence-electron chi connectivity index (χ0n) is 12.9. The van der Waals surface area contributed by atoms with Crippen molar-refractivity contribution in [2.75, 3.05) is 13.7 Å². The summed E-state index contributed by atoms with van der Waals surface area (Å²) in [7, 11) is 1.74. The first-order valence-electron chi connectivity index (χ1n) is 7.60. The van der Waals surface area contributed by atoms with Crippen LogP contribution in [0.3, 0.4) is 0 Å². The van der Waals surface area contributed by atoms with Gasteiger partial charge in [-0.2, -0.15) is 0 Å². The van der Waals surface area contributed by atoms with E-state index in [1.54, 1.807) is 7.11 Å². The minimum atomic E-state index is 0.487. The van der Waals surface area contributed by atoms with Gasteiger partial charge in [0.2, 0.25) is 0 Å². The summed E-state index contributed by atoms with van der Waals surface area (Å²) in [6.45, 7) is 7.80. The molecule has 0 fully saturated rings. The molecule has 1 rings (SSSR count). The van der Waals surface area contributed by atoms with Crippen LogP contribution in [-0.4, -0.2) is 13.7 Å². The Balaban J connectivity index is 2.64. The molecule has 110 valence electrons. The third kappa shape index (κ3) is 5.53. The van der Waals surface area contributed by atoms with Gasteiger partial charge in [0.15, 0.2) is 0 Å². The van der Waals surface area contributed by atoms with E-state index in [0.29, 0.717) is 6.04 Å². The van der Waals surface area contributed by atoms with E-state index < -0.39 is 0 Å². The fraction of sp³-hybridized carbons (Fsp3) is 0.750. The molecule has 0 aliphatic carbocycles. The first kappa shape index (κ1) is 16.5. The Morgan fingerprint density at radius 2 is 2.11 bits per heavy atom. The molecule has 1 aromatic heterocycles. The second kappa shape index (κ2) is 9.38. The second-order valence-electron chi connectivity index (χ2n) is 5.15. The van der Waals surface area contributed by atoms with Gasteiger partial charge in [-0.05, 0) is 24.9 Å². The molecule has 0 aromatic carbocycles. The van der Waals surface area contributed by atoms with Gasteiger partial charge in [-0.3, -0.25) is 0 Å². The van der Waals surface area contributed by atoms with Gasteiger partial charge in [0, 0.05) is 16.3 Å². The van der Waals surface area contributed by atoms with Gasteiger partial charge in [-0.15, -0.1) is 11.3 Å². The molecule has 0 aliphatic heterocycles. The highest BCUT2D eigenvalue weighted by molar-refractivity contribution is 7.10. The van der Waals surface area contributed by atoms with Crippen molar-refractivity contribution in [1.82, 2.24) is 5.32 Å². The lowest BCUT2D eigenvalue weighted by Gasteiger charge is -2.22. The lowest BCUT2D eigenvalue weighted by Crippen LogP contribution is -2.22. The molecule has 1 N–H and O–H groups in total. The number of thiophene rings is 1. The van der Waals surface area contributed by atoms with E-state index in [1.807, 2.05) is 11.3 Å². The van der Waals surface area contributed by atoms with E-state index in [0.717, 1.165) is 18.2 Å². The van der Waals surface area contributed by atoms with Gasteiger partial charge in [0.1, 0.15) is 5.75 Å². The van der Waals surface area contributed by atoms with E-state index in [2.05, 4.69) is 37.5 Å². The highest BCUT2D eigenvalue weighted by Gasteiger charge is 2.18. The summed E-state index contributed by atoms with van der Waals surface area (Å²) >= 11 is 1.81. The maximum absolute atomic E-state index is 5.30. The standard InChI is InChI=1S/C16H29NOS/c1-5-8-9-13(6-2)10-15(17-7-3)16-11-14(18-4)12-19-16/h11-13,15,17H,5-10H2,1-4H3. The maximum Gasteiger partial charge on any atom is 0.129 e. The minimum Gasteiger partial charge on any atom is -0.496 e. The van der Waals surface area contributed by atoms with Crippen molar-refractivity contribution in [2.24, 2.45) is 5.92 Å². The molecule has 2 atom stereocenters. The Morgan fingerprint density at radius 1 is 1.32 bits per heavy atom. The number of hydrogen-bond donors (Lipinski definition) is 1. The van der Waals surface area contributed by atoms with Gasteiger partial charge in [0.05, 0.1) is 7.11 Å². The summed E-state index contributed by atoms with van der Waals surface area (Å²) in [5.41, 5.74) is 0. The van der Waals surface area contributed by atoms with Gasteiger partial charge in [-0.1, -0.05) is 46.5 Å². The summed E-state index contributed by atoms with van der Waals surface area (Å²) < 4.78 is 5.30. The first-order valence-corrected chi connectivity index (χ1v) is 8.48. The monoisotopic (exact) mass is 283 g/mol. The van der Waals surface area contributed by atoms with E-state index in [-0.39, 0.29) is 0 Å². The predicted molar refractivity (Wildman–Crippen MR) is 85.2 cm³/mol. The molecule has 0 saturated heterocycles. The third-order valence-electron chi connectivity index (χ3n) is 3.74. The molecular weight excluding hydrogens is 254 g/mol. The second-order valence-corrected chi connectivity index (χ2v) is 6.09. The molecular formula is C16H29NOS. The van der Waals surface area contributed by atoms with Crippen molar-refractivity contribution in [3.63, 3.8) is 0 Å². The number of methoxy groups -OCH3 is 1. The van der Waals surface area contributed by atoms with Crippen molar-refractivity contribution in [1.29, 1.82) is 0 Å². The molecule has 0 amide bonds. The summed E-state index contributed by atoms with van der Waals surface area (Å²) in [6.07, 6.45) is 6.54. The number of ether oxygens (including phenoxy) is 1. The van der Waals surface area contributed by atoms with Crippen LogP contribution in [0.5, 0.6) is 5.75 Å². The van der Waals surface area contributed by atoms with Gasteiger partial charge < -0.3 is 10.1 Å². The number of hydrogen-bond acceptors (Lipinski definition) is 3. The van der Waals surface area contributed by atoms with Crippen molar-refractivity contribution < 1.29 is 4.74 Å². The van der Waals surface area contributed by atoms with Crippen molar-refractivity contribution in [2.45, 2.75) is 58.9 Å². The zero-order valence-corrected chi connectivity index (χ0v) is 13.7. The van der Waals surface area contributed by atoms with Crippen LogP contribution >= 0.6 is 11.3 Å². The Bertz CT molecular complexity index is 337. The Labute approximate surface area is 122 Å². The van der Waals surface area contributed by atoms with E-state index in [4.69, 9.17) is 4.74 Å². The SMILES string of the molecule is CCCCC(CC)CC(NCC)c1cc(OC)cs1. The predicted octanol–water partition coefficient (Wildman–Crippen LogP) is 5.01. The van der Waals surface area contributed by atoms with Crippen molar-refractivity contribution >= 4 is 11.3 Å². The number of unbranched alkanes of at least 4 members (excludes halogenated alkanes) is 1. The lowest BCUT2D eigenvalue weighted by molar-refractivity contribution is 0.359. The summed E-state index contributed by atoms with van der Waals surface area (Å²) in [5, 5.41) is 5.74. The fourth-order valence-electron chi connectivity index (χ4n) is 2.49. The Morgan fingerprint density at radius 3 is 2.63 bits per heavy atom. The number of rotatable bonds is 10. The van der Waals surface area contributed by atoms with E-state index >= 15 is 0 Å². The van der Waals surface area contributed by atoms with Gasteiger partial charge >= 0.3 is 0 Å². The highest BCUT2D eigenvalue weighted by Crippen LogP contribution is 2.32. The van der Waals surface area contributed by atoms with Crippen LogP contribution in [0.2, 0.25) is 0 Å². The molecule has 2 unspecified atom stereocenters. The van der Waals surface area contributed by atoms with Crippen LogP contribution in [0, 0.1) is 5.92 Å². The average Bonchev–Trinajstić information content (AvgIpc) is 2.91. The molecule has 3 heteroatoms. The van der Waals surface area contributed by atoms with Crippen LogP contribution in [0.15, 0.2) is 11.4 Å². The van der Waals surface area contributed by atoms with Crippen LogP contribution in [0.1, 0.15) is 63.8 Å². The molecule has 1 heterocycles. The van der Waals surface area contributed by atoms with Crippen molar-refractivity contribution in [3.8, 4) is 5.75 Å². The molecule has 0 saturated carbocycles. The van der Waals surface area contributed by atoms with Crippen LogP contribution in [-0.2, 0) is 0 Å². The molecule has 0 spiro atoms. The lowest BCUT2D eigenvalue weighted by atomic mass is 9.91. The summed E-state index contributed by atoms with van der Waals surface area (Å²) in [5.74, 6) is 1.82. The topological polar surface area (TPSA) is 21.3 Å². The zero-order chi connectivity index (χ0) is 14.1. The average molecular weight is 283 g/mol. The molecule has 1 aromatic rings. The molecule has 2 nitrogen and oxygen atoms in total. The van der Waals surface area contributed by atoms with Crippen LogP contribution in [0.25, 0.3) is 0 Å². The summed E-state index contributed by atoms with van der Waals surface area (Å²) in [4.78, 5) is 1.41. The van der Waals surface area contributed by atoms with Gasteiger partial charge in [0.25, 0.3) is 0 Å². The Hall–Kier alpha value is -0.540. The normalized spacial score (nSPS) is 14.3.